The number of esters is 1. The van der Waals surface area contributed by atoms with Crippen molar-refractivity contribution >= 4 is 38.3 Å². The number of carbonyl (C=O) groups is 1. The molecule has 5 rings (SSSR count). The third-order valence-electron chi connectivity index (χ3n) is 5.05. The van der Waals surface area contributed by atoms with Gasteiger partial charge in [-0.1, -0.05) is 46.3 Å². The van der Waals surface area contributed by atoms with Gasteiger partial charge in [-0.25, -0.2) is 9.78 Å². The normalized spacial score (nSPS) is 11.1. The minimum Gasteiger partial charge on any atom is -0.465 e. The van der Waals surface area contributed by atoms with Crippen LogP contribution in [0.25, 0.3) is 39.1 Å². The van der Waals surface area contributed by atoms with Crippen LogP contribution < -0.4 is 0 Å². The summed E-state index contributed by atoms with van der Waals surface area (Å²) in [6.45, 7) is 0. The highest BCUT2D eigenvalue weighted by Crippen LogP contribution is 2.38. The molecule has 0 fully saturated rings. The van der Waals surface area contributed by atoms with Crippen molar-refractivity contribution in [1.29, 1.82) is 0 Å². The average Bonchev–Trinajstić information content (AvgIpc) is 3.17. The number of ether oxygens (including phenoxy) is 1. The highest BCUT2D eigenvalue weighted by Gasteiger charge is 2.20. The van der Waals surface area contributed by atoms with Crippen molar-refractivity contribution in [2.75, 3.05) is 7.11 Å². The van der Waals surface area contributed by atoms with Gasteiger partial charge < -0.3 is 4.74 Å². The second-order valence-electron chi connectivity index (χ2n) is 6.84. The fourth-order valence-corrected chi connectivity index (χ4v) is 4.17. The highest BCUT2D eigenvalue weighted by atomic mass is 79.9. The number of halogens is 1. The number of methoxy groups -OCH3 is 1. The first kappa shape index (κ1) is 18.5. The Morgan fingerprint density at radius 3 is 2.50 bits per heavy atom. The Bertz CT molecular complexity index is 1410. The lowest BCUT2D eigenvalue weighted by atomic mass is 10.0. The highest BCUT2D eigenvalue weighted by molar-refractivity contribution is 9.10. The Labute approximate surface area is 181 Å². The van der Waals surface area contributed by atoms with Crippen LogP contribution in [0.2, 0.25) is 0 Å². The van der Waals surface area contributed by atoms with Gasteiger partial charge >= 0.3 is 5.97 Å². The van der Waals surface area contributed by atoms with Gasteiger partial charge in [-0.05, 0) is 47.2 Å². The summed E-state index contributed by atoms with van der Waals surface area (Å²) < 4.78 is 7.80. The molecule has 0 spiro atoms. The molecule has 0 saturated heterocycles. The first-order chi connectivity index (χ1) is 14.7. The number of pyridine rings is 2. The monoisotopic (exact) mass is 457 g/mol. The molecule has 0 aliphatic carbocycles. The number of benzene rings is 2. The maximum atomic E-state index is 12.0. The maximum absolute atomic E-state index is 12.0. The number of hydrogen-bond donors (Lipinski definition) is 0. The van der Waals surface area contributed by atoms with Gasteiger partial charge in [-0.15, -0.1) is 0 Å². The molecule has 0 atom stereocenters. The third kappa shape index (κ3) is 3.06. The van der Waals surface area contributed by atoms with Crippen molar-refractivity contribution in [2.45, 2.75) is 0 Å². The molecule has 0 amide bonds. The zero-order valence-corrected chi connectivity index (χ0v) is 17.6. The number of fused-ring (bicyclic) bond motifs is 2. The lowest BCUT2D eigenvalue weighted by molar-refractivity contribution is 0.0600. The maximum Gasteiger partial charge on any atom is 0.338 e. The fourth-order valence-electron chi connectivity index (χ4n) is 3.62. The molecule has 5 nitrogen and oxygen atoms in total. The van der Waals surface area contributed by atoms with Crippen molar-refractivity contribution in [2.24, 2.45) is 0 Å². The van der Waals surface area contributed by atoms with E-state index in [2.05, 4.69) is 45.2 Å². The van der Waals surface area contributed by atoms with Crippen molar-refractivity contribution in [3.05, 3.63) is 89.2 Å². The SMILES string of the molecule is COC(=O)c1ccn2c(-c3cc4ccccc4cc3Br)c(-c3ccccn3)nc2c1. The smallest absolute Gasteiger partial charge is 0.338 e. The van der Waals surface area contributed by atoms with Crippen LogP contribution >= 0.6 is 15.9 Å². The Balaban J connectivity index is 1.84. The van der Waals surface area contributed by atoms with Gasteiger partial charge in [-0.2, -0.15) is 0 Å². The molecular formula is C24H16BrN3O2. The lowest BCUT2D eigenvalue weighted by Gasteiger charge is -2.10. The summed E-state index contributed by atoms with van der Waals surface area (Å²) in [5.41, 5.74) is 4.50. The molecular weight excluding hydrogens is 442 g/mol. The van der Waals surface area contributed by atoms with Crippen LogP contribution in [0.5, 0.6) is 0 Å². The van der Waals surface area contributed by atoms with E-state index in [1.165, 1.54) is 7.11 Å². The summed E-state index contributed by atoms with van der Waals surface area (Å²) >= 11 is 3.74. The summed E-state index contributed by atoms with van der Waals surface area (Å²) in [5.74, 6) is -0.395. The van der Waals surface area contributed by atoms with Gasteiger partial charge in [-0.3, -0.25) is 9.38 Å². The third-order valence-corrected chi connectivity index (χ3v) is 5.70. The van der Waals surface area contributed by atoms with Crippen molar-refractivity contribution in [3.63, 3.8) is 0 Å². The molecule has 0 aliphatic heterocycles. The molecule has 146 valence electrons. The van der Waals surface area contributed by atoms with E-state index in [1.807, 2.05) is 40.9 Å². The van der Waals surface area contributed by atoms with E-state index < -0.39 is 5.97 Å². The summed E-state index contributed by atoms with van der Waals surface area (Å²) in [4.78, 5) is 21.4. The first-order valence-electron chi connectivity index (χ1n) is 9.36. The molecule has 3 aromatic heterocycles. The average molecular weight is 458 g/mol. The van der Waals surface area contributed by atoms with Crippen molar-refractivity contribution < 1.29 is 9.53 Å². The predicted octanol–water partition coefficient (Wildman–Crippen LogP) is 5.77. The van der Waals surface area contributed by atoms with Crippen LogP contribution in [0.1, 0.15) is 10.4 Å². The molecule has 0 aliphatic rings. The summed E-state index contributed by atoms with van der Waals surface area (Å²) in [6.07, 6.45) is 3.59. The van der Waals surface area contributed by atoms with Gasteiger partial charge in [0.2, 0.25) is 0 Å². The summed E-state index contributed by atoms with van der Waals surface area (Å²) in [7, 11) is 1.37. The molecule has 5 aromatic rings. The fraction of sp³-hybridized carbons (Fsp3) is 0.0417. The van der Waals surface area contributed by atoms with Gasteiger partial charge in [0.25, 0.3) is 0 Å². The van der Waals surface area contributed by atoms with Gasteiger partial charge in [0.1, 0.15) is 11.3 Å². The molecule has 0 radical (unpaired) electrons. The molecule has 2 aromatic carbocycles. The second-order valence-corrected chi connectivity index (χ2v) is 7.69. The number of imidazole rings is 1. The van der Waals surface area contributed by atoms with E-state index in [1.54, 1.807) is 18.3 Å². The number of hydrogen-bond acceptors (Lipinski definition) is 4. The van der Waals surface area contributed by atoms with E-state index in [0.29, 0.717) is 11.2 Å². The second kappa shape index (κ2) is 7.39. The number of rotatable bonds is 3. The number of nitrogens with zero attached hydrogens (tertiary/aromatic N) is 3. The molecule has 0 saturated carbocycles. The van der Waals surface area contributed by atoms with Gasteiger partial charge in [0.05, 0.1) is 24.1 Å². The van der Waals surface area contributed by atoms with E-state index in [4.69, 9.17) is 9.72 Å². The van der Waals surface area contributed by atoms with Crippen LogP contribution in [0.15, 0.2) is 83.6 Å². The number of carbonyl (C=O) groups excluding carboxylic acids is 1. The van der Waals surface area contributed by atoms with Crippen LogP contribution in [0, 0.1) is 0 Å². The van der Waals surface area contributed by atoms with Gasteiger partial charge in [0, 0.05) is 22.4 Å². The topological polar surface area (TPSA) is 56.5 Å². The first-order valence-corrected chi connectivity index (χ1v) is 10.2. The molecule has 0 N–H and O–H groups in total. The van der Waals surface area contributed by atoms with Crippen molar-refractivity contribution in [1.82, 2.24) is 14.4 Å². The quantitative estimate of drug-likeness (QED) is 0.323. The van der Waals surface area contributed by atoms with Crippen LogP contribution in [0.3, 0.4) is 0 Å². The van der Waals surface area contributed by atoms with E-state index in [9.17, 15) is 4.79 Å². The minimum absolute atomic E-state index is 0.395. The van der Waals surface area contributed by atoms with Crippen molar-refractivity contribution in [3.8, 4) is 22.6 Å². The van der Waals surface area contributed by atoms with Crippen LogP contribution in [0.4, 0.5) is 0 Å². The zero-order chi connectivity index (χ0) is 20.7. The molecule has 30 heavy (non-hydrogen) atoms. The summed E-state index contributed by atoms with van der Waals surface area (Å²) in [5, 5.41) is 2.28. The van der Waals surface area contributed by atoms with E-state index in [0.717, 1.165) is 37.9 Å². The predicted molar refractivity (Wildman–Crippen MR) is 120 cm³/mol. The lowest BCUT2D eigenvalue weighted by Crippen LogP contribution is -2.02. The zero-order valence-electron chi connectivity index (χ0n) is 16.0. The largest absolute Gasteiger partial charge is 0.465 e. The van der Waals surface area contributed by atoms with Crippen LogP contribution in [-0.2, 0) is 4.74 Å². The standard InChI is InChI=1S/C24H16BrN3O2/c1-30-24(29)17-9-11-28-21(14-17)27-22(20-8-4-5-10-26-20)23(28)18-12-15-6-2-3-7-16(15)13-19(18)25/h2-14H,1H3. The van der Waals surface area contributed by atoms with E-state index in [-0.39, 0.29) is 0 Å². The Kier molecular flexibility index (Phi) is 4.56. The minimum atomic E-state index is -0.395. The molecule has 0 unspecified atom stereocenters. The number of aromatic nitrogens is 3. The van der Waals surface area contributed by atoms with Crippen LogP contribution in [-0.4, -0.2) is 27.4 Å². The molecule has 0 bridgehead atoms. The summed E-state index contributed by atoms with van der Waals surface area (Å²) in [6, 6.07) is 21.7. The Morgan fingerprint density at radius 1 is 1.00 bits per heavy atom. The van der Waals surface area contributed by atoms with Gasteiger partial charge in [0.15, 0.2) is 0 Å². The molecule has 3 heterocycles. The van der Waals surface area contributed by atoms with E-state index >= 15 is 0 Å². The Hall–Kier alpha value is -3.51. The molecule has 6 heteroatoms. The Morgan fingerprint density at radius 2 is 1.77 bits per heavy atom.